The van der Waals surface area contributed by atoms with Gasteiger partial charge in [0.1, 0.15) is 5.75 Å². The molecule has 0 atom stereocenters. The third-order valence-corrected chi connectivity index (χ3v) is 2.28. The largest absolute Gasteiger partial charge is 0.497 e. The van der Waals surface area contributed by atoms with Crippen LogP contribution >= 0.6 is 12.4 Å². The number of hydrogen-bond donors (Lipinski definition) is 1. The molecule has 0 saturated carbocycles. The molecular weight excluding hydrogens is 238 g/mol. The van der Waals surface area contributed by atoms with Crippen LogP contribution in [0.2, 0.25) is 0 Å². The predicted octanol–water partition coefficient (Wildman–Crippen LogP) is 2.08. The summed E-state index contributed by atoms with van der Waals surface area (Å²) >= 11 is 0. The molecule has 0 amide bonds. The smallest absolute Gasteiger partial charge is 0.220 e. The first-order chi connectivity index (χ1) is 7.78. The fourth-order valence-corrected chi connectivity index (χ4v) is 1.46. The van der Waals surface area contributed by atoms with Gasteiger partial charge in [0.2, 0.25) is 5.95 Å². The predicted molar refractivity (Wildman–Crippen MR) is 69.5 cm³/mol. The van der Waals surface area contributed by atoms with Crippen molar-refractivity contribution in [3.63, 3.8) is 0 Å². The Kier molecular flexibility index (Phi) is 4.72. The Balaban J connectivity index is 0.00000144. The molecule has 17 heavy (non-hydrogen) atoms. The number of ether oxygens (including phenoxy) is 1. The summed E-state index contributed by atoms with van der Waals surface area (Å²) in [6.45, 7) is 0. The van der Waals surface area contributed by atoms with E-state index < -0.39 is 0 Å². The highest BCUT2D eigenvalue weighted by Crippen LogP contribution is 2.13. The van der Waals surface area contributed by atoms with Crippen molar-refractivity contribution in [1.82, 2.24) is 9.97 Å². The molecule has 2 N–H and O–H groups in total. The van der Waals surface area contributed by atoms with Gasteiger partial charge in [0.05, 0.1) is 12.8 Å². The zero-order valence-corrected chi connectivity index (χ0v) is 10.3. The highest BCUT2D eigenvalue weighted by molar-refractivity contribution is 5.85. The fourth-order valence-electron chi connectivity index (χ4n) is 1.46. The summed E-state index contributed by atoms with van der Waals surface area (Å²) in [6.07, 6.45) is 2.41. The van der Waals surface area contributed by atoms with E-state index in [4.69, 9.17) is 10.5 Å². The van der Waals surface area contributed by atoms with Crippen LogP contribution in [0.3, 0.4) is 0 Å². The van der Waals surface area contributed by atoms with Crippen LogP contribution in [0.5, 0.6) is 5.75 Å². The lowest BCUT2D eigenvalue weighted by Crippen LogP contribution is -1.98. The maximum atomic E-state index is 5.52. The number of aromatic nitrogens is 2. The molecule has 0 aliphatic rings. The van der Waals surface area contributed by atoms with Crippen LogP contribution in [-0.2, 0) is 6.42 Å². The molecule has 2 aromatic rings. The van der Waals surface area contributed by atoms with Gasteiger partial charge in [-0.1, -0.05) is 12.1 Å². The summed E-state index contributed by atoms with van der Waals surface area (Å²) in [5, 5.41) is 0. The Morgan fingerprint density at radius 1 is 1.18 bits per heavy atom. The van der Waals surface area contributed by atoms with Crippen LogP contribution in [0, 0.1) is 0 Å². The molecule has 90 valence electrons. The van der Waals surface area contributed by atoms with Crippen LogP contribution in [-0.4, -0.2) is 17.1 Å². The Labute approximate surface area is 106 Å². The molecule has 0 fully saturated rings. The van der Waals surface area contributed by atoms with Gasteiger partial charge in [0.25, 0.3) is 0 Å². The molecule has 4 nitrogen and oxygen atoms in total. The lowest BCUT2D eigenvalue weighted by molar-refractivity contribution is 0.414. The summed E-state index contributed by atoms with van der Waals surface area (Å²) in [6, 6.07) is 9.74. The SMILES string of the molecule is COc1ccc(Cc2ccnc(N)n2)cc1.Cl. The number of anilines is 1. The molecule has 1 aromatic heterocycles. The van der Waals surface area contributed by atoms with E-state index >= 15 is 0 Å². The Morgan fingerprint density at radius 2 is 1.88 bits per heavy atom. The number of benzene rings is 1. The molecule has 0 radical (unpaired) electrons. The van der Waals surface area contributed by atoms with E-state index in [0.717, 1.165) is 17.9 Å². The molecule has 2 rings (SSSR count). The summed E-state index contributed by atoms with van der Waals surface area (Å²) in [7, 11) is 1.65. The number of rotatable bonds is 3. The quantitative estimate of drug-likeness (QED) is 0.907. The number of methoxy groups -OCH3 is 1. The molecule has 0 unspecified atom stereocenters. The van der Waals surface area contributed by atoms with E-state index in [2.05, 4.69) is 9.97 Å². The minimum absolute atomic E-state index is 0. The maximum Gasteiger partial charge on any atom is 0.220 e. The lowest BCUT2D eigenvalue weighted by atomic mass is 10.1. The van der Waals surface area contributed by atoms with E-state index in [1.807, 2.05) is 30.3 Å². The van der Waals surface area contributed by atoms with Crippen molar-refractivity contribution in [2.75, 3.05) is 12.8 Å². The van der Waals surface area contributed by atoms with Crippen LogP contribution in [0.1, 0.15) is 11.3 Å². The monoisotopic (exact) mass is 251 g/mol. The van der Waals surface area contributed by atoms with Crippen LogP contribution < -0.4 is 10.5 Å². The van der Waals surface area contributed by atoms with Crippen molar-refractivity contribution < 1.29 is 4.74 Å². The lowest BCUT2D eigenvalue weighted by Gasteiger charge is -2.03. The zero-order chi connectivity index (χ0) is 11.4. The van der Waals surface area contributed by atoms with Crippen LogP contribution in [0.15, 0.2) is 36.5 Å². The summed E-state index contributed by atoms with van der Waals surface area (Å²) in [5.41, 5.74) is 7.60. The van der Waals surface area contributed by atoms with Gasteiger partial charge in [-0.05, 0) is 23.8 Å². The Hall–Kier alpha value is -1.81. The van der Waals surface area contributed by atoms with Gasteiger partial charge in [0, 0.05) is 12.6 Å². The van der Waals surface area contributed by atoms with Gasteiger partial charge in [-0.3, -0.25) is 0 Å². The summed E-state index contributed by atoms with van der Waals surface area (Å²) in [4.78, 5) is 8.00. The summed E-state index contributed by atoms with van der Waals surface area (Å²) in [5.74, 6) is 1.16. The number of nitrogens with two attached hydrogens (primary N) is 1. The number of nitrogen functional groups attached to an aromatic ring is 1. The van der Waals surface area contributed by atoms with Gasteiger partial charge in [-0.25, -0.2) is 9.97 Å². The molecule has 0 bridgehead atoms. The number of nitrogens with zero attached hydrogens (tertiary/aromatic N) is 2. The number of halogens is 1. The topological polar surface area (TPSA) is 61.0 Å². The van der Waals surface area contributed by atoms with Crippen LogP contribution in [0.25, 0.3) is 0 Å². The first-order valence-corrected chi connectivity index (χ1v) is 4.98. The van der Waals surface area contributed by atoms with Gasteiger partial charge >= 0.3 is 0 Å². The van der Waals surface area contributed by atoms with Gasteiger partial charge in [-0.2, -0.15) is 0 Å². The first-order valence-electron chi connectivity index (χ1n) is 4.98. The van der Waals surface area contributed by atoms with Crippen molar-refractivity contribution in [2.24, 2.45) is 0 Å². The van der Waals surface area contributed by atoms with Crippen LogP contribution in [0.4, 0.5) is 5.95 Å². The minimum Gasteiger partial charge on any atom is -0.497 e. The standard InChI is InChI=1S/C12H13N3O.ClH/c1-16-11-4-2-9(3-5-11)8-10-6-7-14-12(13)15-10;/h2-7H,8H2,1H3,(H2,13,14,15);1H. The fraction of sp³-hybridized carbons (Fsp3) is 0.167. The highest BCUT2D eigenvalue weighted by atomic mass is 35.5. The van der Waals surface area contributed by atoms with Gasteiger partial charge < -0.3 is 10.5 Å². The van der Waals surface area contributed by atoms with Crippen molar-refractivity contribution in [3.05, 3.63) is 47.8 Å². The molecule has 0 aliphatic carbocycles. The normalized spacial score (nSPS) is 9.47. The molecule has 0 spiro atoms. The van der Waals surface area contributed by atoms with E-state index in [1.165, 1.54) is 5.56 Å². The molecule has 0 saturated heterocycles. The Morgan fingerprint density at radius 3 is 2.47 bits per heavy atom. The average Bonchev–Trinajstić information content (AvgIpc) is 2.30. The highest BCUT2D eigenvalue weighted by Gasteiger charge is 1.99. The molecule has 1 aromatic carbocycles. The molecule has 0 aliphatic heterocycles. The van der Waals surface area contributed by atoms with Crippen molar-refractivity contribution >= 4 is 18.4 Å². The molecule has 1 heterocycles. The average molecular weight is 252 g/mol. The zero-order valence-electron chi connectivity index (χ0n) is 9.46. The van der Waals surface area contributed by atoms with Gasteiger partial charge in [-0.15, -0.1) is 12.4 Å². The maximum absolute atomic E-state index is 5.52. The number of hydrogen-bond acceptors (Lipinski definition) is 4. The third-order valence-electron chi connectivity index (χ3n) is 2.28. The summed E-state index contributed by atoms with van der Waals surface area (Å²) < 4.78 is 5.09. The van der Waals surface area contributed by atoms with E-state index in [0.29, 0.717) is 5.95 Å². The molecular formula is C12H14ClN3O. The van der Waals surface area contributed by atoms with Crippen molar-refractivity contribution in [2.45, 2.75) is 6.42 Å². The minimum atomic E-state index is 0. The first kappa shape index (κ1) is 13.3. The second kappa shape index (κ2) is 6.06. The van der Waals surface area contributed by atoms with E-state index in [9.17, 15) is 0 Å². The molecule has 5 heteroatoms. The second-order valence-corrected chi connectivity index (χ2v) is 3.43. The third kappa shape index (κ3) is 3.60. The second-order valence-electron chi connectivity index (χ2n) is 3.43. The van der Waals surface area contributed by atoms with E-state index in [-0.39, 0.29) is 12.4 Å². The van der Waals surface area contributed by atoms with Crippen molar-refractivity contribution in [1.29, 1.82) is 0 Å². The van der Waals surface area contributed by atoms with Crippen molar-refractivity contribution in [3.8, 4) is 5.75 Å². The van der Waals surface area contributed by atoms with Gasteiger partial charge in [0.15, 0.2) is 0 Å². The van der Waals surface area contributed by atoms with E-state index in [1.54, 1.807) is 13.3 Å². The Bertz CT molecular complexity index is 473.